The lowest BCUT2D eigenvalue weighted by molar-refractivity contribution is 0.0697. The van der Waals surface area contributed by atoms with Crippen molar-refractivity contribution in [1.82, 2.24) is 13.5 Å². The van der Waals surface area contributed by atoms with Crippen LogP contribution in [0.25, 0.3) is 0 Å². The Labute approximate surface area is 196 Å². The molecule has 0 unspecified atom stereocenters. The van der Waals surface area contributed by atoms with E-state index in [2.05, 4.69) is 0 Å². The molecule has 2 aliphatic heterocycles. The molecule has 4 rings (SSSR count). The Kier molecular flexibility index (Phi) is 7.01. The van der Waals surface area contributed by atoms with Crippen molar-refractivity contribution in [2.24, 2.45) is 0 Å². The number of piperazine rings is 1. The number of hydrogen-bond acceptors (Lipinski definition) is 6. The Morgan fingerprint density at radius 3 is 2.09 bits per heavy atom. The molecule has 0 N–H and O–H groups in total. The molecule has 0 saturated carbocycles. The Balaban J connectivity index is 1.49. The van der Waals surface area contributed by atoms with E-state index < -0.39 is 42.5 Å². The first-order valence-corrected chi connectivity index (χ1v) is 13.4. The Morgan fingerprint density at radius 2 is 1.44 bits per heavy atom. The van der Waals surface area contributed by atoms with Gasteiger partial charge in [-0.2, -0.15) is 8.61 Å². The van der Waals surface area contributed by atoms with Crippen LogP contribution in [0.5, 0.6) is 0 Å². The Morgan fingerprint density at radius 1 is 0.794 bits per heavy atom. The third kappa shape index (κ3) is 4.84. The normalized spacial score (nSPS) is 18.7. The van der Waals surface area contributed by atoms with Crippen LogP contribution in [0.4, 0.5) is 8.78 Å². The van der Waals surface area contributed by atoms with Crippen molar-refractivity contribution < 1.29 is 35.1 Å². The molecule has 2 fully saturated rings. The monoisotopic (exact) mass is 515 g/mol. The average Bonchev–Trinajstić information content (AvgIpc) is 2.84. The number of halogens is 2. The molecule has 2 heterocycles. The van der Waals surface area contributed by atoms with E-state index in [1.54, 1.807) is 0 Å². The predicted molar refractivity (Wildman–Crippen MR) is 117 cm³/mol. The van der Waals surface area contributed by atoms with Crippen molar-refractivity contribution in [1.29, 1.82) is 0 Å². The first-order chi connectivity index (χ1) is 16.1. The van der Waals surface area contributed by atoms with Crippen molar-refractivity contribution in [2.75, 3.05) is 52.5 Å². The van der Waals surface area contributed by atoms with E-state index in [0.717, 1.165) is 32.9 Å². The van der Waals surface area contributed by atoms with E-state index in [1.807, 2.05) is 0 Å². The van der Waals surface area contributed by atoms with Gasteiger partial charge in [0, 0.05) is 44.8 Å². The highest BCUT2D eigenvalue weighted by molar-refractivity contribution is 7.89. The van der Waals surface area contributed by atoms with Gasteiger partial charge in [0.2, 0.25) is 20.0 Å². The van der Waals surface area contributed by atoms with Gasteiger partial charge in [-0.1, -0.05) is 6.07 Å². The molecule has 1 amide bonds. The van der Waals surface area contributed by atoms with Crippen LogP contribution in [0.15, 0.2) is 52.3 Å². The summed E-state index contributed by atoms with van der Waals surface area (Å²) in [4.78, 5) is 13.6. The van der Waals surface area contributed by atoms with Crippen LogP contribution in [0.3, 0.4) is 0 Å². The van der Waals surface area contributed by atoms with Gasteiger partial charge in [-0.25, -0.2) is 25.6 Å². The lowest BCUT2D eigenvalue weighted by Crippen LogP contribution is -2.50. The average molecular weight is 516 g/mol. The summed E-state index contributed by atoms with van der Waals surface area (Å²) in [6, 6.07) is 7.83. The summed E-state index contributed by atoms with van der Waals surface area (Å²) < 4.78 is 86.6. The van der Waals surface area contributed by atoms with Crippen LogP contribution in [-0.2, 0) is 24.8 Å². The molecule has 0 atom stereocenters. The fourth-order valence-corrected chi connectivity index (χ4v) is 6.80. The molecular formula is C21H23F2N3O6S2. The van der Waals surface area contributed by atoms with Gasteiger partial charge in [0.15, 0.2) is 0 Å². The fourth-order valence-electron chi connectivity index (χ4n) is 3.85. The molecule has 0 radical (unpaired) electrons. The number of benzene rings is 2. The summed E-state index contributed by atoms with van der Waals surface area (Å²) >= 11 is 0. The van der Waals surface area contributed by atoms with Crippen LogP contribution in [0, 0.1) is 11.6 Å². The molecule has 9 nitrogen and oxygen atoms in total. The number of amides is 1. The third-order valence-electron chi connectivity index (χ3n) is 5.73. The summed E-state index contributed by atoms with van der Waals surface area (Å²) in [5, 5.41) is 0. The number of rotatable bonds is 5. The zero-order valence-electron chi connectivity index (χ0n) is 18.1. The van der Waals surface area contributed by atoms with E-state index in [1.165, 1.54) is 23.1 Å². The zero-order valence-corrected chi connectivity index (χ0v) is 19.7. The van der Waals surface area contributed by atoms with Crippen LogP contribution >= 0.6 is 0 Å². The maximum atomic E-state index is 14.4. The number of sulfonamides is 2. The van der Waals surface area contributed by atoms with Crippen molar-refractivity contribution in [3.05, 3.63) is 59.7 Å². The fraction of sp³-hybridized carbons (Fsp3) is 0.381. The van der Waals surface area contributed by atoms with Gasteiger partial charge in [0.1, 0.15) is 16.5 Å². The van der Waals surface area contributed by atoms with Crippen LogP contribution < -0.4 is 0 Å². The minimum atomic E-state index is -4.15. The summed E-state index contributed by atoms with van der Waals surface area (Å²) in [5.41, 5.74) is -0.0188. The van der Waals surface area contributed by atoms with E-state index in [-0.39, 0.29) is 62.9 Å². The van der Waals surface area contributed by atoms with E-state index >= 15 is 0 Å². The predicted octanol–water partition coefficient (Wildman–Crippen LogP) is 1.13. The molecule has 2 aromatic carbocycles. The second-order valence-electron chi connectivity index (χ2n) is 7.82. The SMILES string of the molecule is O=C(c1ccc(F)c(S(=O)(=O)N2CCOCC2)c1)N1CCN(S(=O)(=O)c2cccc(F)c2)CC1. The van der Waals surface area contributed by atoms with Gasteiger partial charge in [0.05, 0.1) is 18.1 Å². The largest absolute Gasteiger partial charge is 0.379 e. The quantitative estimate of drug-likeness (QED) is 0.592. The van der Waals surface area contributed by atoms with Crippen molar-refractivity contribution in [3.63, 3.8) is 0 Å². The summed E-state index contributed by atoms with van der Waals surface area (Å²) in [6.07, 6.45) is 0. The van der Waals surface area contributed by atoms with Crippen molar-refractivity contribution >= 4 is 26.0 Å². The molecule has 0 aromatic heterocycles. The van der Waals surface area contributed by atoms with Gasteiger partial charge in [-0.15, -0.1) is 0 Å². The minimum absolute atomic E-state index is 0.0188. The summed E-state index contributed by atoms with van der Waals surface area (Å²) in [7, 11) is -8.08. The van der Waals surface area contributed by atoms with E-state index in [0.29, 0.717) is 0 Å². The molecule has 2 aromatic rings. The highest BCUT2D eigenvalue weighted by Gasteiger charge is 2.33. The van der Waals surface area contributed by atoms with Crippen LogP contribution in [-0.4, -0.2) is 88.7 Å². The highest BCUT2D eigenvalue weighted by Crippen LogP contribution is 2.24. The molecule has 0 spiro atoms. The number of ether oxygens (including phenoxy) is 1. The third-order valence-corrected chi connectivity index (χ3v) is 9.53. The standard InChI is InChI=1S/C21H23F2N3O6S2/c22-17-2-1-3-18(15-17)33(28,29)25-8-6-24(7-9-25)21(27)16-4-5-19(23)20(14-16)34(30,31)26-10-12-32-13-11-26/h1-5,14-15H,6-13H2. The Bertz CT molecular complexity index is 1290. The number of nitrogens with zero attached hydrogens (tertiary/aromatic N) is 3. The molecule has 13 heteroatoms. The maximum Gasteiger partial charge on any atom is 0.253 e. The lowest BCUT2D eigenvalue weighted by atomic mass is 10.2. The number of carbonyl (C=O) groups is 1. The summed E-state index contributed by atoms with van der Waals surface area (Å²) in [6.45, 7) is 0.593. The van der Waals surface area contributed by atoms with Gasteiger partial charge >= 0.3 is 0 Å². The molecule has 0 bridgehead atoms. The number of hydrogen-bond donors (Lipinski definition) is 0. The second kappa shape index (κ2) is 9.66. The number of morpholine rings is 1. The van der Waals surface area contributed by atoms with Crippen molar-refractivity contribution in [2.45, 2.75) is 9.79 Å². The topological polar surface area (TPSA) is 104 Å². The minimum Gasteiger partial charge on any atom is -0.379 e. The highest BCUT2D eigenvalue weighted by atomic mass is 32.2. The maximum absolute atomic E-state index is 14.4. The zero-order chi connectivity index (χ0) is 24.5. The van der Waals surface area contributed by atoms with Gasteiger partial charge in [0.25, 0.3) is 5.91 Å². The van der Waals surface area contributed by atoms with Crippen LogP contribution in [0.2, 0.25) is 0 Å². The lowest BCUT2D eigenvalue weighted by Gasteiger charge is -2.34. The van der Waals surface area contributed by atoms with E-state index in [4.69, 9.17) is 4.74 Å². The summed E-state index contributed by atoms with van der Waals surface area (Å²) in [5.74, 6) is -2.18. The first-order valence-electron chi connectivity index (χ1n) is 10.5. The second-order valence-corrected chi connectivity index (χ2v) is 11.7. The smallest absolute Gasteiger partial charge is 0.253 e. The molecule has 34 heavy (non-hydrogen) atoms. The molecular weight excluding hydrogens is 492 g/mol. The van der Waals surface area contributed by atoms with Gasteiger partial charge < -0.3 is 9.64 Å². The molecule has 2 aliphatic rings. The first kappa shape index (κ1) is 24.7. The van der Waals surface area contributed by atoms with E-state index in [9.17, 15) is 30.4 Å². The van der Waals surface area contributed by atoms with Crippen molar-refractivity contribution in [3.8, 4) is 0 Å². The molecule has 2 saturated heterocycles. The molecule has 184 valence electrons. The van der Waals surface area contributed by atoms with Gasteiger partial charge in [-0.3, -0.25) is 4.79 Å². The Hall–Kier alpha value is -2.45. The van der Waals surface area contributed by atoms with Gasteiger partial charge in [-0.05, 0) is 36.4 Å². The molecule has 0 aliphatic carbocycles. The van der Waals surface area contributed by atoms with Crippen LogP contribution in [0.1, 0.15) is 10.4 Å². The number of carbonyl (C=O) groups excluding carboxylic acids is 1.